The normalized spacial score (nSPS) is 15.5. The van der Waals surface area contributed by atoms with Crippen LogP contribution in [0.25, 0.3) is 0 Å². The number of rotatable bonds is 9. The molecule has 0 spiro atoms. The molecule has 0 aliphatic carbocycles. The highest BCUT2D eigenvalue weighted by Gasteiger charge is 2.28. The average Bonchev–Trinajstić information content (AvgIpc) is 2.24. The summed E-state index contributed by atoms with van der Waals surface area (Å²) in [5, 5.41) is 8.43. The van der Waals surface area contributed by atoms with Crippen LogP contribution in [0.5, 0.6) is 0 Å². The van der Waals surface area contributed by atoms with Gasteiger partial charge in [-0.15, -0.1) is 0 Å². The molecular weight excluding hydrogens is 242 g/mol. The van der Waals surface area contributed by atoms with Crippen molar-refractivity contribution < 1.29 is 18.3 Å². The van der Waals surface area contributed by atoms with Crippen LogP contribution in [0.3, 0.4) is 0 Å². The van der Waals surface area contributed by atoms with Gasteiger partial charge in [-0.3, -0.25) is 4.79 Å². The SMILES string of the molecule is CCCC(NS(=O)(=O)C(CC)CCC)C(=O)O. The number of carboxylic acids is 1. The molecule has 0 aromatic rings. The Bertz CT molecular complexity index is 326. The molecule has 0 heterocycles. The lowest BCUT2D eigenvalue weighted by Gasteiger charge is -2.19. The third-order valence-electron chi connectivity index (χ3n) is 2.69. The monoisotopic (exact) mass is 265 g/mol. The van der Waals surface area contributed by atoms with E-state index in [2.05, 4.69) is 4.72 Å². The van der Waals surface area contributed by atoms with E-state index in [1.807, 2.05) is 13.8 Å². The smallest absolute Gasteiger partial charge is 0.321 e. The van der Waals surface area contributed by atoms with E-state index in [1.165, 1.54) is 0 Å². The third-order valence-corrected chi connectivity index (χ3v) is 4.75. The predicted molar refractivity (Wildman–Crippen MR) is 67.4 cm³/mol. The second-order valence-corrected chi connectivity index (χ2v) is 6.15. The maximum absolute atomic E-state index is 12.0. The Hall–Kier alpha value is -0.620. The molecule has 0 amide bonds. The molecule has 102 valence electrons. The fourth-order valence-electron chi connectivity index (χ4n) is 1.72. The number of carbonyl (C=O) groups is 1. The lowest BCUT2D eigenvalue weighted by Crippen LogP contribution is -2.44. The molecule has 5 nitrogen and oxygen atoms in total. The summed E-state index contributed by atoms with van der Waals surface area (Å²) < 4.78 is 26.2. The van der Waals surface area contributed by atoms with Crippen molar-refractivity contribution >= 4 is 16.0 Å². The molecule has 0 radical (unpaired) electrons. The molecule has 0 fully saturated rings. The van der Waals surface area contributed by atoms with Crippen LogP contribution in [-0.2, 0) is 14.8 Å². The van der Waals surface area contributed by atoms with E-state index in [0.717, 1.165) is 6.42 Å². The lowest BCUT2D eigenvalue weighted by atomic mass is 10.2. The first-order valence-corrected chi connectivity index (χ1v) is 7.67. The van der Waals surface area contributed by atoms with Gasteiger partial charge in [0.15, 0.2) is 0 Å². The summed E-state index contributed by atoms with van der Waals surface area (Å²) in [4.78, 5) is 10.9. The van der Waals surface area contributed by atoms with Crippen molar-refractivity contribution in [2.45, 2.75) is 64.2 Å². The van der Waals surface area contributed by atoms with Crippen LogP contribution in [0, 0.1) is 0 Å². The summed E-state index contributed by atoms with van der Waals surface area (Å²) in [6.45, 7) is 5.54. The minimum atomic E-state index is -3.53. The maximum atomic E-state index is 12.0. The van der Waals surface area contributed by atoms with Gasteiger partial charge >= 0.3 is 5.97 Å². The van der Waals surface area contributed by atoms with Gasteiger partial charge in [-0.1, -0.05) is 33.6 Å². The summed E-state index contributed by atoms with van der Waals surface area (Å²) in [6, 6.07) is -1.00. The fourth-order valence-corrected chi connectivity index (χ4v) is 3.51. The van der Waals surface area contributed by atoms with E-state index < -0.39 is 27.3 Å². The van der Waals surface area contributed by atoms with Crippen molar-refractivity contribution in [2.75, 3.05) is 0 Å². The minimum Gasteiger partial charge on any atom is -0.480 e. The van der Waals surface area contributed by atoms with Crippen LogP contribution in [0.15, 0.2) is 0 Å². The summed E-state index contributed by atoms with van der Waals surface area (Å²) in [6.07, 6.45) is 2.78. The number of hydrogen-bond acceptors (Lipinski definition) is 3. The van der Waals surface area contributed by atoms with Crippen molar-refractivity contribution in [1.29, 1.82) is 0 Å². The van der Waals surface area contributed by atoms with Crippen LogP contribution >= 0.6 is 0 Å². The van der Waals surface area contributed by atoms with Gasteiger partial charge in [-0.25, -0.2) is 13.1 Å². The molecule has 0 saturated carbocycles. The van der Waals surface area contributed by atoms with Crippen LogP contribution < -0.4 is 4.72 Å². The lowest BCUT2D eigenvalue weighted by molar-refractivity contribution is -0.139. The fraction of sp³-hybridized carbons (Fsp3) is 0.909. The van der Waals surface area contributed by atoms with Crippen molar-refractivity contribution in [1.82, 2.24) is 4.72 Å². The second kappa shape index (κ2) is 7.66. The van der Waals surface area contributed by atoms with Crippen molar-refractivity contribution in [2.24, 2.45) is 0 Å². The summed E-state index contributed by atoms with van der Waals surface area (Å²) in [7, 11) is -3.53. The summed E-state index contributed by atoms with van der Waals surface area (Å²) in [5.41, 5.74) is 0. The Morgan fingerprint density at radius 3 is 2.06 bits per heavy atom. The van der Waals surface area contributed by atoms with Gasteiger partial charge in [-0.05, 0) is 19.3 Å². The number of sulfonamides is 1. The maximum Gasteiger partial charge on any atom is 0.321 e. The highest BCUT2D eigenvalue weighted by Crippen LogP contribution is 2.13. The zero-order valence-corrected chi connectivity index (χ0v) is 11.6. The number of carboxylic acid groups (broad SMARTS) is 1. The van der Waals surface area contributed by atoms with E-state index in [4.69, 9.17) is 5.11 Å². The van der Waals surface area contributed by atoms with Crippen LogP contribution in [0.1, 0.15) is 52.9 Å². The Morgan fingerprint density at radius 1 is 1.18 bits per heavy atom. The van der Waals surface area contributed by atoms with Crippen molar-refractivity contribution in [3.8, 4) is 0 Å². The zero-order valence-electron chi connectivity index (χ0n) is 10.8. The van der Waals surface area contributed by atoms with Gasteiger partial charge in [0.25, 0.3) is 0 Å². The highest BCUT2D eigenvalue weighted by atomic mass is 32.2. The molecule has 0 aliphatic rings. The zero-order chi connectivity index (χ0) is 13.5. The van der Waals surface area contributed by atoms with E-state index in [-0.39, 0.29) is 0 Å². The molecule has 0 rings (SSSR count). The Kier molecular flexibility index (Phi) is 7.38. The molecule has 0 aromatic carbocycles. The molecule has 6 heteroatoms. The molecule has 17 heavy (non-hydrogen) atoms. The van der Waals surface area contributed by atoms with Crippen LogP contribution in [-0.4, -0.2) is 30.8 Å². The number of nitrogens with one attached hydrogen (secondary N) is 1. The summed E-state index contributed by atoms with van der Waals surface area (Å²) >= 11 is 0. The highest BCUT2D eigenvalue weighted by molar-refractivity contribution is 7.90. The van der Waals surface area contributed by atoms with E-state index in [0.29, 0.717) is 25.7 Å². The number of hydrogen-bond donors (Lipinski definition) is 2. The third kappa shape index (κ3) is 5.50. The Morgan fingerprint density at radius 2 is 1.71 bits per heavy atom. The van der Waals surface area contributed by atoms with Gasteiger partial charge < -0.3 is 5.11 Å². The van der Waals surface area contributed by atoms with Crippen LogP contribution in [0.4, 0.5) is 0 Å². The molecule has 2 unspecified atom stereocenters. The molecule has 0 aliphatic heterocycles. The van der Waals surface area contributed by atoms with Gasteiger partial charge in [0.05, 0.1) is 5.25 Å². The summed E-state index contributed by atoms with van der Waals surface area (Å²) in [5.74, 6) is -1.11. The molecule has 0 aromatic heterocycles. The average molecular weight is 265 g/mol. The van der Waals surface area contributed by atoms with E-state index >= 15 is 0 Å². The Labute approximate surface area is 104 Å². The second-order valence-electron chi connectivity index (χ2n) is 4.16. The van der Waals surface area contributed by atoms with Gasteiger partial charge in [0.2, 0.25) is 10.0 Å². The van der Waals surface area contributed by atoms with E-state index in [9.17, 15) is 13.2 Å². The number of aliphatic carboxylic acids is 1. The molecule has 2 N–H and O–H groups in total. The first-order valence-electron chi connectivity index (χ1n) is 6.12. The van der Waals surface area contributed by atoms with Crippen molar-refractivity contribution in [3.05, 3.63) is 0 Å². The first kappa shape index (κ1) is 16.4. The van der Waals surface area contributed by atoms with Crippen molar-refractivity contribution in [3.63, 3.8) is 0 Å². The van der Waals surface area contributed by atoms with E-state index in [1.54, 1.807) is 6.92 Å². The molecule has 2 atom stereocenters. The molecule has 0 saturated heterocycles. The van der Waals surface area contributed by atoms with Gasteiger partial charge in [-0.2, -0.15) is 0 Å². The Balaban J connectivity index is 4.74. The topological polar surface area (TPSA) is 83.5 Å². The predicted octanol–water partition coefficient (Wildman–Crippen LogP) is 1.74. The van der Waals surface area contributed by atoms with Gasteiger partial charge in [0.1, 0.15) is 6.04 Å². The largest absolute Gasteiger partial charge is 0.480 e. The van der Waals surface area contributed by atoms with Crippen LogP contribution in [0.2, 0.25) is 0 Å². The molecular formula is C11H23NO4S. The standard InChI is InChI=1S/C11H23NO4S/c1-4-7-9(6-3)17(15,16)12-10(8-5-2)11(13)14/h9-10,12H,4-8H2,1-3H3,(H,13,14). The minimum absolute atomic E-state index is 0.317. The molecule has 0 bridgehead atoms. The quantitative estimate of drug-likeness (QED) is 0.665. The van der Waals surface area contributed by atoms with Gasteiger partial charge in [0, 0.05) is 0 Å². The first-order chi connectivity index (χ1) is 7.88.